The quantitative estimate of drug-likeness (QED) is 0.726. The first-order valence-corrected chi connectivity index (χ1v) is 6.71. The lowest BCUT2D eigenvalue weighted by Gasteiger charge is -2.32. The highest BCUT2D eigenvalue weighted by Crippen LogP contribution is 2.25. The third-order valence-corrected chi connectivity index (χ3v) is 3.60. The first-order chi connectivity index (χ1) is 8.97. The smallest absolute Gasteiger partial charge is 0.228 e. The number of carbonyl (C=O) groups excluding carboxylic acids is 1. The molecule has 0 N–H and O–H groups in total. The Kier molecular flexibility index (Phi) is 2.62. The number of rotatable bonds is 0. The average molecular weight is 257 g/mol. The number of fused-ring (bicyclic) bond motifs is 3. The molecule has 4 nitrogen and oxygen atoms in total. The first kappa shape index (κ1) is 12.2. The summed E-state index contributed by atoms with van der Waals surface area (Å²) in [5.41, 5.74) is 2.93. The third kappa shape index (κ3) is 2.01. The van der Waals surface area contributed by atoms with E-state index in [2.05, 4.69) is 9.38 Å². The molecule has 0 fully saturated rings. The molecule has 19 heavy (non-hydrogen) atoms. The molecule has 100 valence electrons. The van der Waals surface area contributed by atoms with Crippen molar-refractivity contribution in [1.82, 2.24) is 14.3 Å². The Labute approximate surface area is 113 Å². The second kappa shape index (κ2) is 4.08. The molecule has 0 saturated carbocycles. The lowest BCUT2D eigenvalue weighted by atomic mass is 9.93. The number of aromatic nitrogens is 2. The van der Waals surface area contributed by atoms with Crippen molar-refractivity contribution in [2.24, 2.45) is 5.41 Å². The van der Waals surface area contributed by atoms with Crippen LogP contribution in [0.5, 0.6) is 0 Å². The predicted molar refractivity (Wildman–Crippen MR) is 73.8 cm³/mol. The van der Waals surface area contributed by atoms with Gasteiger partial charge in [0.1, 0.15) is 5.65 Å². The second-order valence-electron chi connectivity index (χ2n) is 6.16. The van der Waals surface area contributed by atoms with Gasteiger partial charge in [0.25, 0.3) is 0 Å². The van der Waals surface area contributed by atoms with Crippen LogP contribution >= 0.6 is 0 Å². The predicted octanol–water partition coefficient (Wildman–Crippen LogP) is 2.27. The van der Waals surface area contributed by atoms with Gasteiger partial charge >= 0.3 is 0 Å². The van der Waals surface area contributed by atoms with Crippen molar-refractivity contribution in [3.05, 3.63) is 35.8 Å². The molecule has 4 heteroatoms. The van der Waals surface area contributed by atoms with E-state index in [-0.39, 0.29) is 11.3 Å². The largest absolute Gasteiger partial charge is 0.336 e. The van der Waals surface area contributed by atoms with Gasteiger partial charge in [0.2, 0.25) is 5.91 Å². The zero-order valence-corrected chi connectivity index (χ0v) is 11.7. The Morgan fingerprint density at radius 3 is 2.84 bits per heavy atom. The molecular formula is C15H19N3O. The van der Waals surface area contributed by atoms with Crippen molar-refractivity contribution in [2.45, 2.75) is 33.7 Å². The number of hydrogen-bond donors (Lipinski definition) is 0. The van der Waals surface area contributed by atoms with Crippen LogP contribution in [-0.2, 0) is 17.8 Å². The molecule has 3 rings (SSSR count). The van der Waals surface area contributed by atoms with E-state index in [0.717, 1.165) is 30.0 Å². The normalized spacial score (nSPS) is 15.6. The van der Waals surface area contributed by atoms with Crippen LogP contribution in [0, 0.1) is 5.41 Å². The van der Waals surface area contributed by atoms with Gasteiger partial charge in [-0.1, -0.05) is 26.8 Å². The summed E-state index contributed by atoms with van der Waals surface area (Å²) in [4.78, 5) is 19.0. The van der Waals surface area contributed by atoms with E-state index >= 15 is 0 Å². The van der Waals surface area contributed by atoms with E-state index in [9.17, 15) is 4.79 Å². The van der Waals surface area contributed by atoms with E-state index in [0.29, 0.717) is 6.54 Å². The van der Waals surface area contributed by atoms with Gasteiger partial charge in [-0.05, 0) is 12.1 Å². The number of imidazole rings is 1. The first-order valence-electron chi connectivity index (χ1n) is 6.71. The number of amides is 1. The number of nitrogens with zero attached hydrogens (tertiary/aromatic N) is 3. The maximum atomic E-state index is 12.4. The lowest BCUT2D eigenvalue weighted by molar-refractivity contribution is -0.140. The molecule has 0 radical (unpaired) electrons. The van der Waals surface area contributed by atoms with Gasteiger partial charge in [0.15, 0.2) is 0 Å². The fourth-order valence-corrected chi connectivity index (χ4v) is 2.61. The standard InChI is InChI=1S/C15H19N3O/c1-15(2,3)14(19)17-9-7-11-12(10-17)18-8-5-4-6-13(18)16-11/h4-6,8H,7,9-10H2,1-3H3. The Morgan fingerprint density at radius 2 is 2.11 bits per heavy atom. The maximum absolute atomic E-state index is 12.4. The highest BCUT2D eigenvalue weighted by Gasteiger charge is 2.31. The van der Waals surface area contributed by atoms with Crippen LogP contribution in [0.25, 0.3) is 5.65 Å². The van der Waals surface area contributed by atoms with E-state index < -0.39 is 0 Å². The summed E-state index contributed by atoms with van der Waals surface area (Å²) in [6, 6.07) is 6.00. The average Bonchev–Trinajstić information content (AvgIpc) is 2.74. The molecule has 3 heterocycles. The lowest BCUT2D eigenvalue weighted by Crippen LogP contribution is -2.42. The molecule has 0 aliphatic carbocycles. The fourth-order valence-electron chi connectivity index (χ4n) is 2.61. The summed E-state index contributed by atoms with van der Waals surface area (Å²) < 4.78 is 2.09. The van der Waals surface area contributed by atoms with Crippen LogP contribution in [0.1, 0.15) is 32.2 Å². The molecule has 0 saturated heterocycles. The van der Waals surface area contributed by atoms with E-state index in [4.69, 9.17) is 0 Å². The molecule has 1 amide bonds. The fraction of sp³-hybridized carbons (Fsp3) is 0.467. The SMILES string of the molecule is CC(C)(C)C(=O)N1CCc2nc3ccccn3c2C1. The Morgan fingerprint density at radius 1 is 1.32 bits per heavy atom. The summed E-state index contributed by atoms with van der Waals surface area (Å²) >= 11 is 0. The topological polar surface area (TPSA) is 37.6 Å². The van der Waals surface area contributed by atoms with Gasteiger partial charge in [-0.15, -0.1) is 0 Å². The molecule has 2 aromatic rings. The Bertz CT molecular complexity index is 636. The Balaban J connectivity index is 1.97. The van der Waals surface area contributed by atoms with Gasteiger partial charge in [0.05, 0.1) is 17.9 Å². The zero-order valence-electron chi connectivity index (χ0n) is 11.7. The number of hydrogen-bond acceptors (Lipinski definition) is 2. The molecule has 0 unspecified atom stereocenters. The summed E-state index contributed by atoms with van der Waals surface area (Å²) in [5, 5.41) is 0. The molecule has 0 spiro atoms. The summed E-state index contributed by atoms with van der Waals surface area (Å²) in [6.45, 7) is 7.35. The van der Waals surface area contributed by atoms with Crippen LogP contribution in [-0.4, -0.2) is 26.7 Å². The van der Waals surface area contributed by atoms with Gasteiger partial charge in [0, 0.05) is 24.6 Å². The molecule has 1 aliphatic rings. The molecule has 0 bridgehead atoms. The third-order valence-electron chi connectivity index (χ3n) is 3.60. The van der Waals surface area contributed by atoms with E-state index in [1.165, 1.54) is 0 Å². The molecule has 0 atom stereocenters. The molecule has 2 aromatic heterocycles. The highest BCUT2D eigenvalue weighted by molar-refractivity contribution is 5.81. The van der Waals surface area contributed by atoms with Crippen molar-refractivity contribution in [1.29, 1.82) is 0 Å². The molecule has 1 aliphatic heterocycles. The minimum atomic E-state index is -0.321. The Hall–Kier alpha value is -1.84. The van der Waals surface area contributed by atoms with Crippen LogP contribution in [0.15, 0.2) is 24.4 Å². The number of carbonyl (C=O) groups is 1. The zero-order chi connectivity index (χ0) is 13.6. The van der Waals surface area contributed by atoms with Crippen molar-refractivity contribution >= 4 is 11.6 Å². The summed E-state index contributed by atoms with van der Waals surface area (Å²) in [7, 11) is 0. The van der Waals surface area contributed by atoms with Gasteiger partial charge in [-0.2, -0.15) is 0 Å². The summed E-state index contributed by atoms with van der Waals surface area (Å²) in [5.74, 6) is 0.212. The van der Waals surface area contributed by atoms with Gasteiger partial charge < -0.3 is 9.30 Å². The summed E-state index contributed by atoms with van der Waals surface area (Å²) in [6.07, 6.45) is 2.87. The monoisotopic (exact) mass is 257 g/mol. The van der Waals surface area contributed by atoms with Crippen molar-refractivity contribution in [3.8, 4) is 0 Å². The van der Waals surface area contributed by atoms with Crippen LogP contribution in [0.2, 0.25) is 0 Å². The highest BCUT2D eigenvalue weighted by atomic mass is 16.2. The molecular weight excluding hydrogens is 238 g/mol. The number of pyridine rings is 1. The minimum Gasteiger partial charge on any atom is -0.336 e. The van der Waals surface area contributed by atoms with Crippen molar-refractivity contribution in [3.63, 3.8) is 0 Å². The maximum Gasteiger partial charge on any atom is 0.228 e. The minimum absolute atomic E-state index is 0.212. The second-order valence-corrected chi connectivity index (χ2v) is 6.16. The molecule has 0 aromatic carbocycles. The van der Waals surface area contributed by atoms with Crippen molar-refractivity contribution < 1.29 is 4.79 Å². The van der Waals surface area contributed by atoms with E-state index in [1.807, 2.05) is 50.1 Å². The van der Waals surface area contributed by atoms with Gasteiger partial charge in [-0.25, -0.2) is 4.98 Å². The van der Waals surface area contributed by atoms with Crippen LogP contribution in [0.4, 0.5) is 0 Å². The van der Waals surface area contributed by atoms with Crippen LogP contribution in [0.3, 0.4) is 0 Å². The van der Waals surface area contributed by atoms with Crippen LogP contribution < -0.4 is 0 Å². The van der Waals surface area contributed by atoms with Gasteiger partial charge in [-0.3, -0.25) is 4.79 Å². The van der Waals surface area contributed by atoms with Crippen molar-refractivity contribution in [2.75, 3.05) is 6.54 Å². The van der Waals surface area contributed by atoms with E-state index in [1.54, 1.807) is 0 Å².